The van der Waals surface area contributed by atoms with E-state index >= 15 is 0 Å². The number of ether oxygens (including phenoxy) is 2. The number of halogens is 1. The molecule has 0 radical (unpaired) electrons. The smallest absolute Gasteiger partial charge is 0.215 e. The summed E-state index contributed by atoms with van der Waals surface area (Å²) in [5, 5.41) is 0. The number of rotatable bonds is 8. The summed E-state index contributed by atoms with van der Waals surface area (Å²) in [7, 11) is -0.638. The molecule has 24 heavy (non-hydrogen) atoms. The van der Waals surface area contributed by atoms with Crippen LogP contribution in [0.4, 0.5) is 4.39 Å². The number of hydrogen-bond donors (Lipinski definition) is 1. The van der Waals surface area contributed by atoms with E-state index in [9.17, 15) is 12.8 Å². The summed E-state index contributed by atoms with van der Waals surface area (Å²) in [5.74, 6) is -0.309. The molecule has 7 heteroatoms. The van der Waals surface area contributed by atoms with E-state index in [1.54, 1.807) is 31.4 Å². The van der Waals surface area contributed by atoms with Gasteiger partial charge < -0.3 is 9.47 Å². The van der Waals surface area contributed by atoms with Gasteiger partial charge in [0.2, 0.25) is 10.0 Å². The average Bonchev–Trinajstić information content (AvgIpc) is 2.57. The SMILES string of the molecule is COc1cccc(C(CNS(=O)(=O)Cc2ccccc2F)OC)c1. The molecule has 0 saturated heterocycles. The summed E-state index contributed by atoms with van der Waals surface area (Å²) in [5.41, 5.74) is 0.908. The van der Waals surface area contributed by atoms with Crippen molar-refractivity contribution in [3.8, 4) is 5.75 Å². The zero-order valence-corrected chi connectivity index (χ0v) is 14.3. The molecule has 1 N–H and O–H groups in total. The maximum Gasteiger partial charge on any atom is 0.215 e. The molecule has 1 unspecified atom stereocenters. The van der Waals surface area contributed by atoms with E-state index in [4.69, 9.17) is 9.47 Å². The van der Waals surface area contributed by atoms with Crippen LogP contribution in [0.3, 0.4) is 0 Å². The van der Waals surface area contributed by atoms with Crippen molar-refractivity contribution in [3.05, 3.63) is 65.5 Å². The molecule has 2 aromatic rings. The van der Waals surface area contributed by atoms with E-state index in [1.165, 1.54) is 25.3 Å². The van der Waals surface area contributed by atoms with Crippen molar-refractivity contribution in [3.63, 3.8) is 0 Å². The molecule has 0 amide bonds. The highest BCUT2D eigenvalue weighted by Crippen LogP contribution is 2.21. The lowest BCUT2D eigenvalue weighted by molar-refractivity contribution is 0.107. The third-order valence-electron chi connectivity index (χ3n) is 3.54. The molecule has 2 rings (SSSR count). The molecule has 5 nitrogen and oxygen atoms in total. The number of methoxy groups -OCH3 is 2. The first kappa shape index (κ1) is 18.4. The molecule has 0 aliphatic heterocycles. The van der Waals surface area contributed by atoms with Crippen LogP contribution in [0.5, 0.6) is 5.75 Å². The van der Waals surface area contributed by atoms with E-state index in [2.05, 4.69) is 4.72 Å². The predicted molar refractivity (Wildman–Crippen MR) is 89.8 cm³/mol. The fourth-order valence-corrected chi connectivity index (χ4v) is 3.40. The molecule has 0 heterocycles. The minimum absolute atomic E-state index is 0.0421. The van der Waals surface area contributed by atoms with Gasteiger partial charge in [-0.15, -0.1) is 0 Å². The van der Waals surface area contributed by atoms with Crippen LogP contribution in [0, 0.1) is 5.82 Å². The highest BCUT2D eigenvalue weighted by Gasteiger charge is 2.18. The lowest BCUT2D eigenvalue weighted by Crippen LogP contribution is -2.30. The highest BCUT2D eigenvalue weighted by atomic mass is 32.2. The number of sulfonamides is 1. The van der Waals surface area contributed by atoms with E-state index in [0.29, 0.717) is 5.75 Å². The lowest BCUT2D eigenvalue weighted by Gasteiger charge is -2.17. The van der Waals surface area contributed by atoms with Crippen LogP contribution in [0.1, 0.15) is 17.2 Å². The Bertz CT molecular complexity index is 780. The van der Waals surface area contributed by atoms with Gasteiger partial charge in [0.1, 0.15) is 11.6 Å². The van der Waals surface area contributed by atoms with Crippen molar-refractivity contribution in [1.29, 1.82) is 0 Å². The summed E-state index contributed by atoms with van der Waals surface area (Å²) in [6.07, 6.45) is -0.476. The van der Waals surface area contributed by atoms with Crippen LogP contribution in [-0.4, -0.2) is 29.2 Å². The van der Waals surface area contributed by atoms with Crippen molar-refractivity contribution in [2.75, 3.05) is 20.8 Å². The van der Waals surface area contributed by atoms with E-state index in [-0.39, 0.29) is 12.1 Å². The predicted octanol–water partition coefficient (Wildman–Crippen LogP) is 2.64. The molecule has 0 aliphatic carbocycles. The van der Waals surface area contributed by atoms with Crippen LogP contribution < -0.4 is 9.46 Å². The van der Waals surface area contributed by atoms with Gasteiger partial charge in [-0.25, -0.2) is 17.5 Å². The second-order valence-corrected chi connectivity index (χ2v) is 7.01. The normalized spacial score (nSPS) is 12.8. The van der Waals surface area contributed by atoms with Crippen LogP contribution in [-0.2, 0) is 20.5 Å². The third kappa shape index (κ3) is 5.02. The van der Waals surface area contributed by atoms with Gasteiger partial charge >= 0.3 is 0 Å². The van der Waals surface area contributed by atoms with Crippen molar-refractivity contribution in [2.45, 2.75) is 11.9 Å². The molecule has 0 aliphatic rings. The van der Waals surface area contributed by atoms with Gasteiger partial charge in [-0.2, -0.15) is 0 Å². The highest BCUT2D eigenvalue weighted by molar-refractivity contribution is 7.88. The zero-order chi connectivity index (χ0) is 17.6. The number of benzene rings is 2. The summed E-state index contributed by atoms with van der Waals surface area (Å²) in [6, 6.07) is 13.0. The zero-order valence-electron chi connectivity index (χ0n) is 13.5. The summed E-state index contributed by atoms with van der Waals surface area (Å²) in [6.45, 7) is 0.0421. The van der Waals surface area contributed by atoms with Crippen molar-refractivity contribution in [1.82, 2.24) is 4.72 Å². The quantitative estimate of drug-likeness (QED) is 0.792. The Kier molecular flexibility index (Phi) is 6.30. The summed E-state index contributed by atoms with van der Waals surface area (Å²) >= 11 is 0. The Balaban J connectivity index is 2.05. The molecule has 0 bridgehead atoms. The van der Waals surface area contributed by atoms with Gasteiger partial charge in [-0.3, -0.25) is 0 Å². The second-order valence-electron chi connectivity index (χ2n) is 5.20. The summed E-state index contributed by atoms with van der Waals surface area (Å²) in [4.78, 5) is 0. The van der Waals surface area contributed by atoms with E-state index in [1.807, 2.05) is 6.07 Å². The van der Waals surface area contributed by atoms with E-state index in [0.717, 1.165) is 5.56 Å². The van der Waals surface area contributed by atoms with Gasteiger partial charge in [0.15, 0.2) is 0 Å². The Hall–Kier alpha value is -1.96. The number of nitrogens with one attached hydrogen (secondary N) is 1. The van der Waals surface area contributed by atoms with Gasteiger partial charge in [0.25, 0.3) is 0 Å². The Morgan fingerprint density at radius 1 is 1.12 bits per heavy atom. The Morgan fingerprint density at radius 2 is 1.88 bits per heavy atom. The molecule has 130 valence electrons. The minimum atomic E-state index is -3.69. The first-order chi connectivity index (χ1) is 11.4. The molecular weight excluding hydrogens is 333 g/mol. The minimum Gasteiger partial charge on any atom is -0.497 e. The number of hydrogen-bond acceptors (Lipinski definition) is 4. The van der Waals surface area contributed by atoms with Gasteiger partial charge in [0, 0.05) is 19.2 Å². The standard InChI is InChI=1S/C17H20FNO4S/c1-22-15-8-5-7-13(10-15)17(23-2)11-19-24(20,21)12-14-6-3-4-9-16(14)18/h3-10,17,19H,11-12H2,1-2H3. The maximum absolute atomic E-state index is 13.6. The largest absolute Gasteiger partial charge is 0.497 e. The molecular formula is C17H20FNO4S. The first-order valence-electron chi connectivity index (χ1n) is 7.32. The van der Waals surface area contributed by atoms with Crippen LogP contribution in [0.2, 0.25) is 0 Å². The second kappa shape index (κ2) is 8.23. The Labute approximate surface area is 141 Å². The maximum atomic E-state index is 13.6. The molecule has 0 spiro atoms. The van der Waals surface area contributed by atoms with Gasteiger partial charge in [-0.1, -0.05) is 30.3 Å². The van der Waals surface area contributed by atoms with Crippen LogP contribution in [0.25, 0.3) is 0 Å². The lowest BCUT2D eigenvalue weighted by atomic mass is 10.1. The fourth-order valence-electron chi connectivity index (χ4n) is 2.25. The van der Waals surface area contributed by atoms with Crippen LogP contribution >= 0.6 is 0 Å². The fraction of sp³-hybridized carbons (Fsp3) is 0.294. The third-order valence-corrected chi connectivity index (χ3v) is 4.84. The van der Waals surface area contributed by atoms with E-state index < -0.39 is 27.7 Å². The molecule has 0 fully saturated rings. The summed E-state index contributed by atoms with van der Waals surface area (Å²) < 4.78 is 50.9. The van der Waals surface area contributed by atoms with Crippen molar-refractivity contribution < 1.29 is 22.3 Å². The van der Waals surface area contributed by atoms with Gasteiger partial charge in [0.05, 0.1) is 19.0 Å². The molecule has 0 saturated carbocycles. The van der Waals surface area contributed by atoms with Crippen molar-refractivity contribution in [2.24, 2.45) is 0 Å². The van der Waals surface area contributed by atoms with Crippen LogP contribution in [0.15, 0.2) is 48.5 Å². The monoisotopic (exact) mass is 353 g/mol. The Morgan fingerprint density at radius 3 is 2.54 bits per heavy atom. The van der Waals surface area contributed by atoms with Gasteiger partial charge in [-0.05, 0) is 23.8 Å². The molecule has 1 atom stereocenters. The first-order valence-corrected chi connectivity index (χ1v) is 8.98. The molecule has 2 aromatic carbocycles. The van der Waals surface area contributed by atoms with Crippen molar-refractivity contribution >= 4 is 10.0 Å². The topological polar surface area (TPSA) is 64.6 Å². The molecule has 0 aromatic heterocycles. The average molecular weight is 353 g/mol.